The van der Waals surface area contributed by atoms with Crippen molar-refractivity contribution in [2.24, 2.45) is 0 Å². The molecule has 132 valence electrons. The Labute approximate surface area is 160 Å². The van der Waals surface area contributed by atoms with Gasteiger partial charge in [-0.3, -0.25) is 4.79 Å². The van der Waals surface area contributed by atoms with Crippen molar-refractivity contribution < 1.29 is 9.32 Å². The summed E-state index contributed by atoms with van der Waals surface area (Å²) in [7, 11) is 0. The monoisotopic (exact) mass is 387 g/mol. The highest BCUT2D eigenvalue weighted by molar-refractivity contribution is 6.31. The van der Waals surface area contributed by atoms with E-state index >= 15 is 0 Å². The summed E-state index contributed by atoms with van der Waals surface area (Å²) in [5.41, 5.74) is 2.54. The number of anilines is 1. The van der Waals surface area contributed by atoms with Crippen LogP contribution in [0.3, 0.4) is 0 Å². The van der Waals surface area contributed by atoms with Gasteiger partial charge in [-0.25, -0.2) is 0 Å². The maximum atomic E-state index is 12.5. The van der Waals surface area contributed by atoms with Crippen molar-refractivity contribution in [3.63, 3.8) is 0 Å². The van der Waals surface area contributed by atoms with Crippen molar-refractivity contribution >= 4 is 34.8 Å². The lowest BCUT2D eigenvalue weighted by Crippen LogP contribution is -2.24. The van der Waals surface area contributed by atoms with Crippen LogP contribution >= 0.6 is 23.2 Å². The Morgan fingerprint density at radius 2 is 2.04 bits per heavy atom. The number of benzene rings is 2. The first-order valence-electron chi connectivity index (χ1n) is 8.17. The molecular weight excluding hydrogens is 373 g/mol. The van der Waals surface area contributed by atoms with Crippen LogP contribution in [0.1, 0.15) is 23.8 Å². The minimum absolute atomic E-state index is 0.0271. The molecular formula is C19H15Cl2N3O2. The predicted octanol–water partition coefficient (Wildman–Crippen LogP) is 4.87. The van der Waals surface area contributed by atoms with Gasteiger partial charge in [-0.1, -0.05) is 40.5 Å². The second-order valence-corrected chi connectivity index (χ2v) is 7.15. The van der Waals surface area contributed by atoms with Crippen LogP contribution in [0.4, 0.5) is 5.69 Å². The highest BCUT2D eigenvalue weighted by Crippen LogP contribution is 2.33. The summed E-state index contributed by atoms with van der Waals surface area (Å²) in [5, 5.41) is 5.31. The van der Waals surface area contributed by atoms with E-state index in [4.69, 9.17) is 27.7 Å². The zero-order valence-corrected chi connectivity index (χ0v) is 15.5. The number of halogens is 2. The van der Waals surface area contributed by atoms with E-state index in [0.29, 0.717) is 34.7 Å². The molecule has 1 atom stereocenters. The molecule has 1 aliphatic rings. The third-order valence-corrected chi connectivity index (χ3v) is 5.11. The molecule has 0 radical (unpaired) electrons. The van der Waals surface area contributed by atoms with E-state index in [0.717, 1.165) is 16.8 Å². The highest BCUT2D eigenvalue weighted by atomic mass is 35.5. The van der Waals surface area contributed by atoms with Crippen molar-refractivity contribution in [2.45, 2.75) is 19.3 Å². The van der Waals surface area contributed by atoms with Gasteiger partial charge in [-0.05, 0) is 42.8 Å². The van der Waals surface area contributed by atoms with Gasteiger partial charge in [0.15, 0.2) is 0 Å². The van der Waals surface area contributed by atoms with Crippen molar-refractivity contribution in [2.75, 3.05) is 11.4 Å². The van der Waals surface area contributed by atoms with Crippen LogP contribution < -0.4 is 4.90 Å². The maximum absolute atomic E-state index is 12.5. The fourth-order valence-electron chi connectivity index (χ4n) is 3.07. The van der Waals surface area contributed by atoms with Gasteiger partial charge in [0.05, 0.1) is 5.92 Å². The summed E-state index contributed by atoms with van der Waals surface area (Å²) in [4.78, 5) is 18.7. The average Bonchev–Trinajstić information content (AvgIpc) is 3.24. The van der Waals surface area contributed by atoms with Crippen LogP contribution in [0.25, 0.3) is 11.4 Å². The van der Waals surface area contributed by atoms with Crippen molar-refractivity contribution in [3.8, 4) is 11.4 Å². The Hall–Kier alpha value is -2.37. The Morgan fingerprint density at radius 1 is 1.19 bits per heavy atom. The van der Waals surface area contributed by atoms with Crippen LogP contribution in [0.5, 0.6) is 0 Å². The zero-order valence-electron chi connectivity index (χ0n) is 13.9. The minimum atomic E-state index is -0.140. The van der Waals surface area contributed by atoms with E-state index in [2.05, 4.69) is 10.1 Å². The average molecular weight is 388 g/mol. The zero-order chi connectivity index (χ0) is 18.3. The number of aromatic nitrogens is 2. The summed E-state index contributed by atoms with van der Waals surface area (Å²) in [6, 6.07) is 12.8. The number of aryl methyl sites for hydroxylation is 1. The number of rotatable bonds is 3. The fraction of sp³-hybridized carbons (Fsp3) is 0.211. The third kappa shape index (κ3) is 3.20. The molecule has 0 bridgehead atoms. The van der Waals surface area contributed by atoms with Crippen molar-refractivity contribution in [3.05, 3.63) is 64.0 Å². The molecule has 2 heterocycles. The first-order valence-corrected chi connectivity index (χ1v) is 8.93. The molecule has 0 aliphatic carbocycles. The topological polar surface area (TPSA) is 59.2 Å². The molecule has 26 heavy (non-hydrogen) atoms. The van der Waals surface area contributed by atoms with Gasteiger partial charge in [0.1, 0.15) is 0 Å². The Balaban J connectivity index is 1.56. The van der Waals surface area contributed by atoms with Crippen molar-refractivity contribution in [1.29, 1.82) is 0 Å². The number of carbonyl (C=O) groups is 1. The lowest BCUT2D eigenvalue weighted by atomic mass is 10.1. The van der Waals surface area contributed by atoms with E-state index < -0.39 is 0 Å². The lowest BCUT2D eigenvalue weighted by molar-refractivity contribution is -0.117. The smallest absolute Gasteiger partial charge is 0.232 e. The molecule has 1 saturated heterocycles. The number of amides is 1. The Morgan fingerprint density at radius 3 is 2.81 bits per heavy atom. The summed E-state index contributed by atoms with van der Waals surface area (Å²) in [6.45, 7) is 2.41. The SMILES string of the molecule is Cc1cc(N2CC(c3nc(-c4cccc(Cl)c4)no3)CC2=O)ccc1Cl. The summed E-state index contributed by atoms with van der Waals surface area (Å²) < 4.78 is 5.41. The van der Waals surface area contributed by atoms with Crippen molar-refractivity contribution in [1.82, 2.24) is 10.1 Å². The number of hydrogen-bond acceptors (Lipinski definition) is 4. The molecule has 1 fully saturated rings. The Kier molecular flexibility index (Phi) is 4.42. The van der Waals surface area contributed by atoms with Crippen LogP contribution in [0.15, 0.2) is 47.0 Å². The van der Waals surface area contributed by atoms with Crippen LogP contribution in [-0.2, 0) is 4.79 Å². The maximum Gasteiger partial charge on any atom is 0.232 e. The van der Waals surface area contributed by atoms with Gasteiger partial charge in [0.25, 0.3) is 0 Å². The van der Waals surface area contributed by atoms with Gasteiger partial charge in [0.2, 0.25) is 17.6 Å². The normalized spacial score (nSPS) is 17.1. The summed E-state index contributed by atoms with van der Waals surface area (Å²) in [6.07, 6.45) is 0.332. The molecule has 7 heteroatoms. The van der Waals surface area contributed by atoms with Gasteiger partial charge in [-0.15, -0.1) is 0 Å². The molecule has 1 amide bonds. The van der Waals surface area contributed by atoms with E-state index in [1.165, 1.54) is 0 Å². The first-order chi connectivity index (χ1) is 12.5. The summed E-state index contributed by atoms with van der Waals surface area (Å²) >= 11 is 12.1. The highest BCUT2D eigenvalue weighted by Gasteiger charge is 2.35. The molecule has 1 unspecified atom stereocenters. The lowest BCUT2D eigenvalue weighted by Gasteiger charge is -2.17. The second-order valence-electron chi connectivity index (χ2n) is 6.31. The molecule has 5 nitrogen and oxygen atoms in total. The fourth-order valence-corrected chi connectivity index (χ4v) is 3.37. The molecule has 1 aromatic heterocycles. The summed E-state index contributed by atoms with van der Waals surface area (Å²) in [5.74, 6) is 0.815. The van der Waals surface area contributed by atoms with Gasteiger partial charge in [0, 0.05) is 34.3 Å². The van der Waals surface area contributed by atoms with E-state index in [9.17, 15) is 4.79 Å². The minimum Gasteiger partial charge on any atom is -0.339 e. The van der Waals surface area contributed by atoms with E-state index in [1.54, 1.807) is 23.1 Å². The molecule has 0 saturated carbocycles. The standard InChI is InChI=1S/C19H15Cl2N3O2/c1-11-7-15(5-6-16(11)21)24-10-13(9-17(24)25)19-22-18(23-26-19)12-3-2-4-14(20)8-12/h2-8,13H,9-10H2,1H3. The number of carbonyl (C=O) groups excluding carboxylic acids is 1. The van der Waals surface area contributed by atoms with E-state index in [1.807, 2.05) is 31.2 Å². The van der Waals surface area contributed by atoms with Gasteiger partial charge >= 0.3 is 0 Å². The van der Waals surface area contributed by atoms with E-state index in [-0.39, 0.29) is 11.8 Å². The first kappa shape index (κ1) is 17.1. The molecule has 4 rings (SSSR count). The van der Waals surface area contributed by atoms with Gasteiger partial charge in [-0.2, -0.15) is 4.98 Å². The van der Waals surface area contributed by atoms with Gasteiger partial charge < -0.3 is 9.42 Å². The largest absolute Gasteiger partial charge is 0.339 e. The molecule has 0 spiro atoms. The van der Waals surface area contributed by atoms with Crippen LogP contribution in [0, 0.1) is 6.92 Å². The quantitative estimate of drug-likeness (QED) is 0.642. The third-order valence-electron chi connectivity index (χ3n) is 4.45. The number of nitrogens with zero attached hydrogens (tertiary/aromatic N) is 3. The molecule has 2 aromatic carbocycles. The van der Waals surface area contributed by atoms with Crippen LogP contribution in [-0.4, -0.2) is 22.6 Å². The second kappa shape index (κ2) is 6.74. The molecule has 3 aromatic rings. The molecule has 0 N–H and O–H groups in total. The molecule has 1 aliphatic heterocycles. The Bertz CT molecular complexity index is 986. The van der Waals surface area contributed by atoms with Crippen LogP contribution in [0.2, 0.25) is 10.0 Å². The number of hydrogen-bond donors (Lipinski definition) is 0. The predicted molar refractivity (Wildman–Crippen MR) is 101 cm³/mol.